The van der Waals surface area contributed by atoms with Crippen molar-refractivity contribution in [2.24, 2.45) is 0 Å². The summed E-state index contributed by atoms with van der Waals surface area (Å²) in [6.45, 7) is 25.9. The largest absolute Gasteiger partial charge is 0.461 e. The summed E-state index contributed by atoms with van der Waals surface area (Å²) in [6, 6.07) is 6.64. The fourth-order valence-corrected chi connectivity index (χ4v) is 8.66. The van der Waals surface area contributed by atoms with Crippen LogP contribution in [-0.2, 0) is 22.4 Å². The van der Waals surface area contributed by atoms with Crippen molar-refractivity contribution < 1.29 is 14.6 Å². The number of rotatable bonds is 15. The molecule has 306 valence electrons. The fourth-order valence-electron chi connectivity index (χ4n) is 8.66. The number of hydrogen-bond donors (Lipinski definition) is 3. The Morgan fingerprint density at radius 1 is 0.825 bits per heavy atom. The third-order valence-corrected chi connectivity index (χ3v) is 12.1. The molecule has 0 saturated carbocycles. The van der Waals surface area contributed by atoms with Crippen LogP contribution in [0.3, 0.4) is 0 Å². The number of H-pyrrole nitrogens is 2. The monoisotopic (exact) mass is 773 g/mol. The molecular weight excluding hydrogens is 705 g/mol. The SMILES string of the molecule is CCCc1c(C)c2cc3nc(c(C)c4nc(c(C)c5cc(CC)c(cc1[nH]2)[nH]5)[C@@H](CCC(=O)OC/C=C(\C)CC/C=C(\C)CCC=C(C)C)[C@@H]4C)C(C)=C3C(C)O. The van der Waals surface area contributed by atoms with E-state index in [0.29, 0.717) is 19.4 Å². The second-order valence-corrected chi connectivity index (χ2v) is 16.8. The molecule has 0 fully saturated rings. The molecule has 3 atom stereocenters. The summed E-state index contributed by atoms with van der Waals surface area (Å²) in [6.07, 6.45) is 13.9. The molecule has 7 nitrogen and oxygen atoms in total. The van der Waals surface area contributed by atoms with Gasteiger partial charge in [-0.15, -0.1) is 0 Å². The van der Waals surface area contributed by atoms with Gasteiger partial charge in [-0.2, -0.15) is 0 Å². The summed E-state index contributed by atoms with van der Waals surface area (Å²) < 4.78 is 5.77. The van der Waals surface area contributed by atoms with Gasteiger partial charge in [-0.3, -0.25) is 9.78 Å². The fraction of sp³-hybridized carbons (Fsp3) is 0.500. The van der Waals surface area contributed by atoms with E-state index in [4.69, 9.17) is 14.7 Å². The third-order valence-electron chi connectivity index (χ3n) is 12.1. The van der Waals surface area contributed by atoms with E-state index in [1.54, 1.807) is 0 Å². The quantitative estimate of drug-likeness (QED) is 0.105. The standard InChI is InChI=1S/C50H68N4O3/c1-13-17-39-32(7)42-27-45-47(37(12)55)35(10)49(53-45)36(11)48-33(8)40(50(54-48)34(9)41-26-38(14-2)43(51-41)28-44(39)52-42)22-23-46(56)57-25-24-31(6)21-16-20-30(5)19-15-18-29(3)4/h18,20,24,26-28,33,37,40,51-52,55H,13-17,19,21-23,25H2,1-12H3/b30-20+,31-24+,41-34?,42-27?,43-28?,44-28?,45-27?,48-36?,49-36?,50-34?/t33-,37?,40-/m0/s1. The molecule has 3 aromatic heterocycles. The van der Waals surface area contributed by atoms with Crippen molar-refractivity contribution in [1.82, 2.24) is 19.9 Å². The number of carbonyl (C=O) groups excluding carboxylic acids is 1. The normalized spacial score (nSPS) is 16.6. The lowest BCUT2D eigenvalue weighted by Gasteiger charge is -2.18. The van der Waals surface area contributed by atoms with Gasteiger partial charge in [0.05, 0.1) is 17.5 Å². The van der Waals surface area contributed by atoms with E-state index in [1.165, 1.54) is 33.4 Å². The number of nitrogens with one attached hydrogen (secondary N) is 2. The highest BCUT2D eigenvalue weighted by molar-refractivity contribution is 5.94. The number of hydrogen-bond acceptors (Lipinski definition) is 5. The van der Waals surface area contributed by atoms with E-state index >= 15 is 0 Å². The Hall–Kier alpha value is -4.49. The van der Waals surface area contributed by atoms with Crippen LogP contribution in [0.5, 0.6) is 0 Å². The van der Waals surface area contributed by atoms with Gasteiger partial charge in [0.1, 0.15) is 6.61 Å². The molecule has 57 heavy (non-hydrogen) atoms. The van der Waals surface area contributed by atoms with Gasteiger partial charge in [-0.25, -0.2) is 4.98 Å². The number of allylic oxidation sites excluding steroid dienone is 6. The van der Waals surface area contributed by atoms with Crippen LogP contribution in [-0.4, -0.2) is 43.7 Å². The second-order valence-electron chi connectivity index (χ2n) is 16.8. The minimum absolute atomic E-state index is 0.0184. The summed E-state index contributed by atoms with van der Waals surface area (Å²) in [4.78, 5) is 31.4. The molecule has 0 radical (unpaired) electrons. The maximum Gasteiger partial charge on any atom is 0.306 e. The topological polar surface area (TPSA) is 104 Å². The molecule has 5 rings (SSSR count). The smallest absolute Gasteiger partial charge is 0.306 e. The summed E-state index contributed by atoms with van der Waals surface area (Å²) in [5.41, 5.74) is 19.6. The third kappa shape index (κ3) is 10.2. The summed E-state index contributed by atoms with van der Waals surface area (Å²) in [5.74, 6) is -0.118. The first-order valence-corrected chi connectivity index (χ1v) is 21.4. The molecule has 0 spiro atoms. The molecule has 1 unspecified atom stereocenters. The van der Waals surface area contributed by atoms with Crippen molar-refractivity contribution >= 4 is 39.2 Å². The highest BCUT2D eigenvalue weighted by Gasteiger charge is 2.33. The van der Waals surface area contributed by atoms with Gasteiger partial charge >= 0.3 is 5.97 Å². The first-order valence-electron chi connectivity index (χ1n) is 21.4. The predicted octanol–water partition coefficient (Wildman–Crippen LogP) is 12.7. The summed E-state index contributed by atoms with van der Waals surface area (Å²) in [7, 11) is 0. The van der Waals surface area contributed by atoms with Crippen molar-refractivity contribution in [2.45, 2.75) is 159 Å². The van der Waals surface area contributed by atoms with Gasteiger partial charge in [0.15, 0.2) is 0 Å². The number of aliphatic hydroxyl groups excluding tert-OH is 1. The van der Waals surface area contributed by atoms with Crippen molar-refractivity contribution in [3.63, 3.8) is 0 Å². The average Bonchev–Trinajstić information content (AvgIpc) is 3.89. The lowest BCUT2D eigenvalue weighted by Crippen LogP contribution is -2.10. The number of esters is 1. The predicted molar refractivity (Wildman–Crippen MR) is 240 cm³/mol. The first-order chi connectivity index (χ1) is 27.1. The van der Waals surface area contributed by atoms with Crippen molar-refractivity contribution in [3.8, 4) is 0 Å². The van der Waals surface area contributed by atoms with Crippen molar-refractivity contribution in [3.05, 3.63) is 104 Å². The van der Waals surface area contributed by atoms with Gasteiger partial charge in [0.2, 0.25) is 0 Å². The minimum Gasteiger partial charge on any atom is -0.461 e. The Balaban J connectivity index is 1.49. The summed E-state index contributed by atoms with van der Waals surface area (Å²) in [5, 5.41) is 11.1. The highest BCUT2D eigenvalue weighted by Crippen LogP contribution is 2.44. The molecule has 5 heterocycles. The number of ether oxygens (including phenoxy) is 1. The van der Waals surface area contributed by atoms with Crippen LogP contribution in [0.25, 0.3) is 33.2 Å². The molecule has 0 saturated heterocycles. The molecule has 3 aromatic rings. The van der Waals surface area contributed by atoms with Gasteiger partial charge in [-0.05, 0) is 165 Å². The number of aromatic nitrogens is 4. The number of aromatic amines is 2. The molecule has 2 aliphatic heterocycles. The van der Waals surface area contributed by atoms with Crippen LogP contribution in [0.15, 0.2) is 53.1 Å². The number of aryl methyl sites for hydroxylation is 4. The Labute approximate surface area is 341 Å². The maximum absolute atomic E-state index is 13.2. The van der Waals surface area contributed by atoms with Crippen LogP contribution in [0.4, 0.5) is 0 Å². The van der Waals surface area contributed by atoms with Gasteiger partial charge in [-0.1, -0.05) is 56.1 Å². The molecular formula is C50H68N4O3. The molecule has 8 bridgehead atoms. The highest BCUT2D eigenvalue weighted by atomic mass is 16.5. The van der Waals surface area contributed by atoms with Crippen molar-refractivity contribution in [1.29, 1.82) is 0 Å². The van der Waals surface area contributed by atoms with E-state index in [0.717, 1.165) is 112 Å². The van der Waals surface area contributed by atoms with E-state index in [1.807, 2.05) is 13.0 Å². The van der Waals surface area contributed by atoms with E-state index in [9.17, 15) is 9.90 Å². The van der Waals surface area contributed by atoms with Crippen LogP contribution in [0.1, 0.15) is 170 Å². The van der Waals surface area contributed by atoms with Gasteiger partial charge < -0.3 is 19.8 Å². The molecule has 0 aliphatic carbocycles. The van der Waals surface area contributed by atoms with Gasteiger partial charge in [0.25, 0.3) is 0 Å². The number of nitrogens with zero attached hydrogens (tertiary/aromatic N) is 2. The number of fused-ring (bicyclic) bond motifs is 8. The van der Waals surface area contributed by atoms with Crippen molar-refractivity contribution in [2.75, 3.05) is 6.61 Å². The lowest BCUT2D eigenvalue weighted by molar-refractivity contribution is -0.142. The Kier molecular flexibility index (Phi) is 14.8. The van der Waals surface area contributed by atoms with Crippen LogP contribution in [0.2, 0.25) is 0 Å². The van der Waals surface area contributed by atoms with Crippen LogP contribution in [0, 0.1) is 20.8 Å². The zero-order valence-electron chi connectivity index (χ0n) is 36.9. The second kappa shape index (κ2) is 19.3. The van der Waals surface area contributed by atoms with E-state index in [2.05, 4.69) is 116 Å². The Bertz CT molecular complexity index is 2250. The average molecular weight is 773 g/mol. The Morgan fingerprint density at radius 3 is 2.16 bits per heavy atom. The zero-order valence-corrected chi connectivity index (χ0v) is 36.9. The number of aliphatic hydroxyl groups is 1. The molecule has 2 aliphatic rings. The first kappa shape index (κ1) is 43.6. The van der Waals surface area contributed by atoms with Gasteiger partial charge in [0, 0.05) is 57.3 Å². The Morgan fingerprint density at radius 2 is 1.49 bits per heavy atom. The molecule has 7 heteroatoms. The summed E-state index contributed by atoms with van der Waals surface area (Å²) >= 11 is 0. The lowest BCUT2D eigenvalue weighted by atomic mass is 9.84. The molecule has 0 amide bonds. The molecule has 3 N–H and O–H groups in total. The zero-order chi connectivity index (χ0) is 41.6. The molecule has 0 aromatic carbocycles. The minimum atomic E-state index is -0.686. The van der Waals surface area contributed by atoms with Crippen LogP contribution >= 0.6 is 0 Å². The maximum atomic E-state index is 13.2. The number of carbonyl (C=O) groups is 1. The van der Waals surface area contributed by atoms with E-state index < -0.39 is 6.10 Å². The van der Waals surface area contributed by atoms with Crippen LogP contribution < -0.4 is 0 Å². The van der Waals surface area contributed by atoms with E-state index in [-0.39, 0.29) is 17.8 Å².